The van der Waals surface area contributed by atoms with E-state index in [-0.39, 0.29) is 0 Å². The maximum Gasteiger partial charge on any atom is 0.0877 e. The molecule has 2 heteroatoms. The Kier molecular flexibility index (Phi) is 1.17. The van der Waals surface area contributed by atoms with Crippen LogP contribution >= 0.6 is 0 Å². The average Bonchev–Trinajstić information content (AvgIpc) is 2.87. The predicted octanol–water partition coefficient (Wildman–Crippen LogP) is 1.26. The van der Waals surface area contributed by atoms with Crippen molar-refractivity contribution in [2.24, 2.45) is 0 Å². The van der Waals surface area contributed by atoms with E-state index < -0.39 is 0 Å². The molecule has 2 nitrogen and oxygen atoms in total. The fourth-order valence-corrected chi connectivity index (χ4v) is 1.88. The fraction of sp³-hybridized carbons (Fsp3) is 0.778. The van der Waals surface area contributed by atoms with Crippen molar-refractivity contribution in [3.63, 3.8) is 0 Å². The molecule has 60 valence electrons. The van der Waals surface area contributed by atoms with Crippen molar-refractivity contribution in [3.8, 4) is 0 Å². The number of rotatable bonds is 0. The van der Waals surface area contributed by atoms with Gasteiger partial charge in [-0.15, -0.1) is 0 Å². The van der Waals surface area contributed by atoms with Gasteiger partial charge in [-0.1, -0.05) is 12.2 Å². The zero-order valence-corrected chi connectivity index (χ0v) is 6.40. The Morgan fingerprint density at radius 3 is 1.91 bits per heavy atom. The van der Waals surface area contributed by atoms with Crippen LogP contribution in [0.5, 0.6) is 0 Å². The van der Waals surface area contributed by atoms with Crippen LogP contribution in [0.2, 0.25) is 0 Å². The van der Waals surface area contributed by atoms with E-state index in [1.165, 1.54) is 0 Å². The van der Waals surface area contributed by atoms with Crippen molar-refractivity contribution in [2.45, 2.75) is 43.7 Å². The Balaban J connectivity index is 1.71. The molecule has 11 heavy (non-hydrogen) atoms. The third-order valence-electron chi connectivity index (χ3n) is 2.74. The third-order valence-corrected chi connectivity index (χ3v) is 2.74. The first kappa shape index (κ1) is 6.21. The largest absolute Gasteiger partial charge is 0.369 e. The molecule has 2 heterocycles. The summed E-state index contributed by atoms with van der Waals surface area (Å²) in [5, 5.41) is 0. The first-order valence-corrected chi connectivity index (χ1v) is 4.39. The molecule has 0 unspecified atom stereocenters. The van der Waals surface area contributed by atoms with Gasteiger partial charge in [0.05, 0.1) is 24.4 Å². The number of hydrogen-bond donors (Lipinski definition) is 0. The average molecular weight is 152 g/mol. The Hall–Kier alpha value is -0.340. The molecule has 0 N–H and O–H groups in total. The van der Waals surface area contributed by atoms with E-state index in [4.69, 9.17) is 9.47 Å². The maximum atomic E-state index is 5.46. The molecule has 3 rings (SSSR count). The quantitative estimate of drug-likeness (QED) is 0.385. The molecular formula is C9H12O2. The molecule has 0 bridgehead atoms. The van der Waals surface area contributed by atoms with Crippen LogP contribution in [-0.4, -0.2) is 24.4 Å². The molecule has 4 atom stereocenters. The van der Waals surface area contributed by atoms with Crippen molar-refractivity contribution < 1.29 is 9.47 Å². The standard InChI is InChI=1S/C9H12O2/c1-2-4-7-9(11-7)5-8-6(3-1)10-8/h1-2,6-9H,3-5H2/t6-,7-,8+,9+/m0/s1. The summed E-state index contributed by atoms with van der Waals surface area (Å²) in [6.45, 7) is 0. The van der Waals surface area contributed by atoms with Gasteiger partial charge in [-0.25, -0.2) is 0 Å². The Morgan fingerprint density at radius 1 is 0.818 bits per heavy atom. The van der Waals surface area contributed by atoms with Crippen LogP contribution < -0.4 is 0 Å². The second-order valence-electron chi connectivity index (χ2n) is 3.60. The van der Waals surface area contributed by atoms with Crippen LogP contribution in [0.15, 0.2) is 12.2 Å². The fourth-order valence-electron chi connectivity index (χ4n) is 1.88. The van der Waals surface area contributed by atoms with Gasteiger partial charge in [0.15, 0.2) is 0 Å². The van der Waals surface area contributed by atoms with Crippen molar-refractivity contribution in [1.29, 1.82) is 0 Å². The highest BCUT2D eigenvalue weighted by atomic mass is 16.6. The summed E-state index contributed by atoms with van der Waals surface area (Å²) >= 11 is 0. The lowest BCUT2D eigenvalue weighted by Crippen LogP contribution is -1.99. The summed E-state index contributed by atoms with van der Waals surface area (Å²) in [4.78, 5) is 0. The molecule has 2 saturated heterocycles. The van der Waals surface area contributed by atoms with Crippen molar-refractivity contribution in [3.05, 3.63) is 12.2 Å². The Labute approximate surface area is 66.2 Å². The summed E-state index contributed by atoms with van der Waals surface area (Å²) in [6, 6.07) is 0. The number of hydrogen-bond acceptors (Lipinski definition) is 2. The lowest BCUT2D eigenvalue weighted by molar-refractivity contribution is 0.325. The molecule has 0 radical (unpaired) electrons. The molecule has 3 aliphatic rings. The predicted molar refractivity (Wildman–Crippen MR) is 40.3 cm³/mol. The zero-order valence-electron chi connectivity index (χ0n) is 6.40. The molecule has 0 saturated carbocycles. The van der Waals surface area contributed by atoms with Crippen LogP contribution in [0.4, 0.5) is 0 Å². The van der Waals surface area contributed by atoms with Gasteiger partial charge >= 0.3 is 0 Å². The van der Waals surface area contributed by atoms with Crippen LogP contribution in [0.3, 0.4) is 0 Å². The summed E-state index contributed by atoms with van der Waals surface area (Å²) < 4.78 is 10.9. The molecule has 0 aromatic heterocycles. The van der Waals surface area contributed by atoms with Crippen LogP contribution in [0.25, 0.3) is 0 Å². The van der Waals surface area contributed by atoms with Gasteiger partial charge in [-0.3, -0.25) is 0 Å². The number of ether oxygens (including phenoxy) is 2. The molecule has 2 fully saturated rings. The van der Waals surface area contributed by atoms with Crippen molar-refractivity contribution in [2.75, 3.05) is 0 Å². The third kappa shape index (κ3) is 1.10. The molecule has 0 spiro atoms. The Morgan fingerprint density at radius 2 is 1.36 bits per heavy atom. The van der Waals surface area contributed by atoms with Crippen LogP contribution in [0, 0.1) is 0 Å². The summed E-state index contributed by atoms with van der Waals surface area (Å²) in [5.41, 5.74) is 0. The van der Waals surface area contributed by atoms with E-state index in [0.717, 1.165) is 19.3 Å². The molecule has 2 aliphatic heterocycles. The SMILES string of the molecule is C1=CC[C@@H]2O[C@@H]2C[C@H]2O[C@H]2C1. The van der Waals surface area contributed by atoms with E-state index in [1.807, 2.05) is 0 Å². The van der Waals surface area contributed by atoms with Gasteiger partial charge in [0.1, 0.15) is 0 Å². The monoisotopic (exact) mass is 152 g/mol. The summed E-state index contributed by atoms with van der Waals surface area (Å²) in [5.74, 6) is 0. The van der Waals surface area contributed by atoms with Crippen LogP contribution in [0.1, 0.15) is 19.3 Å². The lowest BCUT2D eigenvalue weighted by Gasteiger charge is -1.85. The van der Waals surface area contributed by atoms with E-state index in [1.54, 1.807) is 0 Å². The molecule has 0 amide bonds. The van der Waals surface area contributed by atoms with Gasteiger partial charge in [0.25, 0.3) is 0 Å². The van der Waals surface area contributed by atoms with Crippen molar-refractivity contribution in [1.82, 2.24) is 0 Å². The second-order valence-corrected chi connectivity index (χ2v) is 3.60. The van der Waals surface area contributed by atoms with E-state index in [9.17, 15) is 0 Å². The van der Waals surface area contributed by atoms with Gasteiger partial charge in [-0.2, -0.15) is 0 Å². The minimum Gasteiger partial charge on any atom is -0.369 e. The van der Waals surface area contributed by atoms with E-state index in [2.05, 4.69) is 12.2 Å². The maximum absolute atomic E-state index is 5.46. The molecule has 0 aromatic rings. The highest BCUT2D eigenvalue weighted by molar-refractivity contribution is 5.03. The van der Waals surface area contributed by atoms with Gasteiger partial charge in [0, 0.05) is 6.42 Å². The lowest BCUT2D eigenvalue weighted by atomic mass is 10.1. The second kappa shape index (κ2) is 2.08. The number of fused-ring (bicyclic) bond motifs is 2. The smallest absolute Gasteiger partial charge is 0.0877 e. The molecular weight excluding hydrogens is 140 g/mol. The summed E-state index contributed by atoms with van der Waals surface area (Å²) in [6.07, 6.45) is 9.91. The normalized spacial score (nSPS) is 53.1. The van der Waals surface area contributed by atoms with Gasteiger partial charge in [-0.05, 0) is 12.8 Å². The van der Waals surface area contributed by atoms with E-state index in [0.29, 0.717) is 24.4 Å². The van der Waals surface area contributed by atoms with Crippen molar-refractivity contribution >= 4 is 0 Å². The first-order chi connectivity index (χ1) is 5.43. The summed E-state index contributed by atoms with van der Waals surface area (Å²) in [7, 11) is 0. The first-order valence-electron chi connectivity index (χ1n) is 4.39. The van der Waals surface area contributed by atoms with E-state index >= 15 is 0 Å². The Bertz CT molecular complexity index is 180. The highest BCUT2D eigenvalue weighted by Gasteiger charge is 2.47. The minimum absolute atomic E-state index is 0.521. The zero-order chi connectivity index (χ0) is 7.26. The highest BCUT2D eigenvalue weighted by Crippen LogP contribution is 2.39. The molecule has 1 aliphatic carbocycles. The number of epoxide rings is 2. The minimum atomic E-state index is 0.521. The topological polar surface area (TPSA) is 25.1 Å². The van der Waals surface area contributed by atoms with Gasteiger partial charge < -0.3 is 9.47 Å². The molecule has 0 aromatic carbocycles. The van der Waals surface area contributed by atoms with Gasteiger partial charge in [0.2, 0.25) is 0 Å². The van der Waals surface area contributed by atoms with Crippen LogP contribution in [-0.2, 0) is 9.47 Å².